The SMILES string of the molecule is CC1C(=O)CCC2CC1C2(C)C.CC1CC(=O)NC2CC1C2(C)C.CC1CCC(=O)C2CC1C2(C)C.CC1NC(=O)CC2CC1C2(C)C. The predicted molar refractivity (Wildman–Crippen MR) is 193 cm³/mol. The van der Waals surface area contributed by atoms with E-state index in [-0.39, 0.29) is 11.8 Å². The first-order chi connectivity index (χ1) is 22.1. The molecule has 0 aromatic carbocycles. The molecule has 8 bridgehead atoms. The molecule has 4 heterocycles. The first-order valence-corrected chi connectivity index (χ1v) is 19.7. The first kappa shape index (κ1) is 37.5. The Labute approximate surface area is 292 Å². The Morgan fingerprint density at radius 1 is 0.521 bits per heavy atom. The highest BCUT2D eigenvalue weighted by atomic mass is 16.2. The minimum atomic E-state index is 0.251. The van der Waals surface area contributed by atoms with Crippen molar-refractivity contribution in [1.29, 1.82) is 0 Å². The Morgan fingerprint density at radius 3 is 1.67 bits per heavy atom. The molecular weight excluding hydrogens is 596 g/mol. The van der Waals surface area contributed by atoms with Crippen LogP contribution in [-0.2, 0) is 19.2 Å². The van der Waals surface area contributed by atoms with E-state index in [0.717, 1.165) is 62.2 Å². The average molecular weight is 667 g/mol. The third-order valence-corrected chi connectivity index (χ3v) is 16.5. The van der Waals surface area contributed by atoms with Crippen molar-refractivity contribution < 1.29 is 19.2 Å². The lowest BCUT2D eigenvalue weighted by molar-refractivity contribution is -0.136. The van der Waals surface area contributed by atoms with Crippen molar-refractivity contribution >= 4 is 23.4 Å². The van der Waals surface area contributed by atoms with Gasteiger partial charge in [-0.2, -0.15) is 0 Å². The lowest BCUT2D eigenvalue weighted by Crippen LogP contribution is -2.56. The van der Waals surface area contributed by atoms with E-state index >= 15 is 0 Å². The first-order valence-electron chi connectivity index (χ1n) is 19.7. The molecule has 12 aliphatic rings. The molecule has 4 saturated heterocycles. The van der Waals surface area contributed by atoms with E-state index in [2.05, 4.69) is 93.7 Å². The predicted octanol–water partition coefficient (Wildman–Crippen LogP) is 8.41. The summed E-state index contributed by atoms with van der Waals surface area (Å²) in [5, 5.41) is 6.14. The molecule has 0 spiro atoms. The van der Waals surface area contributed by atoms with Crippen LogP contribution in [0.3, 0.4) is 0 Å². The van der Waals surface area contributed by atoms with E-state index in [4.69, 9.17) is 0 Å². The molecule has 48 heavy (non-hydrogen) atoms. The summed E-state index contributed by atoms with van der Waals surface area (Å²) in [7, 11) is 0. The topological polar surface area (TPSA) is 92.3 Å². The van der Waals surface area contributed by atoms with Gasteiger partial charge < -0.3 is 10.6 Å². The zero-order valence-electron chi connectivity index (χ0n) is 32.6. The van der Waals surface area contributed by atoms with Gasteiger partial charge in [-0.15, -0.1) is 0 Å². The third kappa shape index (κ3) is 6.58. The number of carbonyl (C=O) groups excluding carboxylic acids is 4. The summed E-state index contributed by atoms with van der Waals surface area (Å²) in [6.07, 6.45) is 10.3. The zero-order chi connectivity index (χ0) is 35.7. The fourth-order valence-electron chi connectivity index (χ4n) is 12.1. The van der Waals surface area contributed by atoms with Crippen molar-refractivity contribution in [3.63, 3.8) is 0 Å². The van der Waals surface area contributed by atoms with Gasteiger partial charge in [0.1, 0.15) is 11.6 Å². The Balaban J connectivity index is 0.000000125. The van der Waals surface area contributed by atoms with Gasteiger partial charge in [0.25, 0.3) is 0 Å². The number of rotatable bonds is 0. The molecule has 2 N–H and O–H groups in total. The molecule has 272 valence electrons. The number of carbonyl (C=O) groups is 4. The largest absolute Gasteiger partial charge is 0.353 e. The van der Waals surface area contributed by atoms with Gasteiger partial charge >= 0.3 is 0 Å². The summed E-state index contributed by atoms with van der Waals surface area (Å²) in [5.74, 6) is 8.01. The van der Waals surface area contributed by atoms with E-state index in [9.17, 15) is 19.2 Å². The van der Waals surface area contributed by atoms with Crippen LogP contribution in [0.15, 0.2) is 0 Å². The monoisotopic (exact) mass is 667 g/mol. The highest BCUT2D eigenvalue weighted by molar-refractivity contribution is 5.83. The molecule has 12 fully saturated rings. The molecule has 12 atom stereocenters. The summed E-state index contributed by atoms with van der Waals surface area (Å²) in [4.78, 5) is 45.8. The highest BCUT2D eigenvalue weighted by Gasteiger charge is 2.56. The second kappa shape index (κ2) is 13.1. The van der Waals surface area contributed by atoms with Crippen LogP contribution >= 0.6 is 0 Å². The molecular formula is C42H70N2O4. The number of nitrogens with one attached hydrogen (secondary N) is 2. The lowest BCUT2D eigenvalue weighted by atomic mass is 9.52. The van der Waals surface area contributed by atoms with Crippen molar-refractivity contribution in [2.45, 2.75) is 159 Å². The average Bonchev–Trinajstić information content (AvgIpc) is 3.50. The quantitative estimate of drug-likeness (QED) is 0.272. The van der Waals surface area contributed by atoms with Crippen LogP contribution in [0.2, 0.25) is 0 Å². The van der Waals surface area contributed by atoms with Crippen molar-refractivity contribution in [3.05, 3.63) is 0 Å². The van der Waals surface area contributed by atoms with Gasteiger partial charge in [0.05, 0.1) is 0 Å². The van der Waals surface area contributed by atoms with Crippen LogP contribution in [0.5, 0.6) is 0 Å². The van der Waals surface area contributed by atoms with Crippen molar-refractivity contribution in [1.82, 2.24) is 10.6 Å². The number of Topliss-reactive ketones (excluding diaryl/α,β-unsaturated/α-hetero) is 2. The Bertz CT molecular complexity index is 1210. The van der Waals surface area contributed by atoms with Crippen LogP contribution in [0.1, 0.15) is 147 Å². The second-order valence-electron chi connectivity index (χ2n) is 20.2. The Hall–Kier alpha value is -1.72. The van der Waals surface area contributed by atoms with E-state index in [1.165, 1.54) is 25.7 Å². The van der Waals surface area contributed by atoms with Crippen LogP contribution in [0.4, 0.5) is 0 Å². The minimum absolute atomic E-state index is 0.251. The normalized spacial score (nSPS) is 44.6. The smallest absolute Gasteiger partial charge is 0.220 e. The molecule has 0 aromatic heterocycles. The number of amides is 2. The molecule has 8 aliphatic carbocycles. The zero-order valence-corrected chi connectivity index (χ0v) is 32.6. The maximum Gasteiger partial charge on any atom is 0.220 e. The van der Waals surface area contributed by atoms with Crippen LogP contribution < -0.4 is 10.6 Å². The van der Waals surface area contributed by atoms with Gasteiger partial charge in [0.15, 0.2) is 0 Å². The van der Waals surface area contributed by atoms with E-state index in [0.29, 0.717) is 80.8 Å². The summed E-state index contributed by atoms with van der Waals surface area (Å²) >= 11 is 0. The molecule has 12 unspecified atom stereocenters. The molecule has 8 saturated carbocycles. The van der Waals surface area contributed by atoms with Gasteiger partial charge in [0.2, 0.25) is 11.8 Å². The second-order valence-corrected chi connectivity index (χ2v) is 20.2. The van der Waals surface area contributed by atoms with Crippen molar-refractivity contribution in [2.24, 2.45) is 80.8 Å². The molecule has 4 aliphatic heterocycles. The van der Waals surface area contributed by atoms with Crippen molar-refractivity contribution in [3.8, 4) is 0 Å². The minimum Gasteiger partial charge on any atom is -0.353 e. The highest BCUT2D eigenvalue weighted by Crippen LogP contribution is 2.60. The number of fused-ring (bicyclic) bond motifs is 12. The Kier molecular flexibility index (Phi) is 10.3. The maximum atomic E-state index is 11.6. The molecule has 6 heteroatoms. The lowest BCUT2D eigenvalue weighted by Gasteiger charge is -2.52. The maximum absolute atomic E-state index is 11.6. The number of hydrogen-bond acceptors (Lipinski definition) is 4. The van der Waals surface area contributed by atoms with Gasteiger partial charge in [-0.3, -0.25) is 19.2 Å². The van der Waals surface area contributed by atoms with Crippen molar-refractivity contribution in [2.75, 3.05) is 0 Å². The van der Waals surface area contributed by atoms with E-state index < -0.39 is 0 Å². The van der Waals surface area contributed by atoms with Gasteiger partial charge in [-0.25, -0.2) is 0 Å². The fraction of sp³-hybridized carbons (Fsp3) is 0.905. The van der Waals surface area contributed by atoms with Gasteiger partial charge in [-0.05, 0) is 114 Å². The number of hydrogen-bond donors (Lipinski definition) is 2. The van der Waals surface area contributed by atoms with Gasteiger partial charge in [0, 0.05) is 49.6 Å². The molecule has 6 nitrogen and oxygen atoms in total. The van der Waals surface area contributed by atoms with Crippen LogP contribution in [0, 0.1) is 80.8 Å². The summed E-state index contributed by atoms with van der Waals surface area (Å²) in [6.45, 7) is 27.1. The van der Waals surface area contributed by atoms with Crippen LogP contribution in [0.25, 0.3) is 0 Å². The third-order valence-electron chi connectivity index (χ3n) is 16.5. The standard InChI is InChI=1S/2C11H18O.2C10H17NO/c1-7-9-6-8(11(9,2)3)4-5-10(7)12;1-7-4-5-10(12)9-6-8(7)11(9,2)3;1-6-8-4-7(10(8,2)3)5-9(12)11-6;1-6-4-9(12)11-8-5-7(6)10(8,2)3/h2*7-9H,4-6H2,1-3H3;2*6-8H,4-5H2,1-3H3,(H,11,12). The molecule has 12 rings (SSSR count). The van der Waals surface area contributed by atoms with Crippen LogP contribution in [-0.4, -0.2) is 35.5 Å². The molecule has 0 aromatic rings. The molecule has 2 amide bonds. The summed E-state index contributed by atoms with van der Waals surface area (Å²) in [6, 6.07) is 0.825. The van der Waals surface area contributed by atoms with E-state index in [1.54, 1.807) is 0 Å². The Morgan fingerprint density at radius 2 is 1.08 bits per heavy atom. The fourth-order valence-corrected chi connectivity index (χ4v) is 12.1. The van der Waals surface area contributed by atoms with Gasteiger partial charge in [-0.1, -0.05) is 76.2 Å². The summed E-state index contributed by atoms with van der Waals surface area (Å²) < 4.78 is 0. The van der Waals surface area contributed by atoms with E-state index in [1.807, 2.05) is 0 Å². The molecule has 0 radical (unpaired) electrons. The summed E-state index contributed by atoms with van der Waals surface area (Å²) in [5.41, 5.74) is 1.49. The number of ketones is 2.